The van der Waals surface area contributed by atoms with Gasteiger partial charge in [0, 0.05) is 37.5 Å². The second-order valence-electron chi connectivity index (χ2n) is 5.67. The zero-order valence-electron chi connectivity index (χ0n) is 12.5. The van der Waals surface area contributed by atoms with Gasteiger partial charge in [-0.25, -0.2) is 0 Å². The zero-order valence-corrected chi connectivity index (χ0v) is 13.3. The van der Waals surface area contributed by atoms with Crippen molar-refractivity contribution in [3.63, 3.8) is 0 Å². The van der Waals surface area contributed by atoms with Crippen molar-refractivity contribution in [3.8, 4) is 0 Å². The molecule has 2 fully saturated rings. The van der Waals surface area contributed by atoms with Crippen molar-refractivity contribution in [2.45, 2.75) is 31.8 Å². The number of thiocarbonyl (C=S) groups is 1. The summed E-state index contributed by atoms with van der Waals surface area (Å²) in [6.07, 6.45) is 4.03. The highest BCUT2D eigenvalue weighted by Gasteiger charge is 2.21. The highest BCUT2D eigenvalue weighted by molar-refractivity contribution is 7.80. The molecule has 0 aliphatic carbocycles. The molecule has 2 aliphatic heterocycles. The van der Waals surface area contributed by atoms with E-state index in [4.69, 9.17) is 17.0 Å². The molecule has 0 bridgehead atoms. The molecule has 1 amide bonds. The Labute approximate surface area is 136 Å². The lowest BCUT2D eigenvalue weighted by atomic mass is 10.2. The summed E-state index contributed by atoms with van der Waals surface area (Å²) in [5, 5.41) is 6.94. The molecule has 2 saturated heterocycles. The summed E-state index contributed by atoms with van der Waals surface area (Å²) < 4.78 is 5.56. The molecule has 0 aromatic heterocycles. The minimum Gasteiger partial charge on any atom is -0.376 e. The fourth-order valence-corrected chi connectivity index (χ4v) is 3.06. The Kier molecular flexibility index (Phi) is 4.90. The number of benzene rings is 1. The average Bonchev–Trinajstić information content (AvgIpc) is 3.16. The molecular formula is C16H21N3O2S. The molecule has 0 radical (unpaired) electrons. The van der Waals surface area contributed by atoms with Crippen LogP contribution in [0.15, 0.2) is 24.3 Å². The SMILES string of the molecule is O=C1CCCN1c1cccc(NC(=S)NCC2CCCO2)c1. The van der Waals surface area contributed by atoms with Gasteiger partial charge in [0.1, 0.15) is 0 Å². The first kappa shape index (κ1) is 15.2. The molecule has 0 spiro atoms. The fraction of sp³-hybridized carbons (Fsp3) is 0.500. The van der Waals surface area contributed by atoms with E-state index in [1.54, 1.807) is 0 Å². The van der Waals surface area contributed by atoms with Gasteiger partial charge in [-0.15, -0.1) is 0 Å². The Hall–Kier alpha value is -1.66. The standard InChI is InChI=1S/C16H21N3O2S/c20-15-7-2-8-19(15)13-5-1-4-12(10-13)18-16(22)17-11-14-6-3-9-21-14/h1,4-5,10,14H,2-3,6-9,11H2,(H2,17,18,22). The number of amides is 1. The molecule has 1 aromatic carbocycles. The molecule has 2 N–H and O–H groups in total. The van der Waals surface area contributed by atoms with E-state index in [-0.39, 0.29) is 12.0 Å². The minimum absolute atomic E-state index is 0.191. The van der Waals surface area contributed by atoms with Crippen LogP contribution in [0.5, 0.6) is 0 Å². The molecule has 5 nitrogen and oxygen atoms in total. The summed E-state index contributed by atoms with van der Waals surface area (Å²) in [6.45, 7) is 2.37. The van der Waals surface area contributed by atoms with Gasteiger partial charge in [-0.05, 0) is 49.7 Å². The van der Waals surface area contributed by atoms with Crippen LogP contribution in [0, 0.1) is 0 Å². The van der Waals surface area contributed by atoms with Gasteiger partial charge in [0.05, 0.1) is 6.10 Å². The number of carbonyl (C=O) groups is 1. The maximum atomic E-state index is 11.8. The lowest BCUT2D eigenvalue weighted by molar-refractivity contribution is -0.117. The third-order valence-electron chi connectivity index (χ3n) is 4.00. The number of hydrogen-bond acceptors (Lipinski definition) is 3. The molecule has 6 heteroatoms. The molecule has 2 aliphatic rings. The number of hydrogen-bond donors (Lipinski definition) is 2. The first-order valence-corrected chi connectivity index (χ1v) is 8.20. The molecule has 0 saturated carbocycles. The number of nitrogens with one attached hydrogen (secondary N) is 2. The van der Waals surface area contributed by atoms with Crippen molar-refractivity contribution in [2.24, 2.45) is 0 Å². The van der Waals surface area contributed by atoms with E-state index in [0.29, 0.717) is 11.5 Å². The highest BCUT2D eigenvalue weighted by atomic mass is 32.1. The highest BCUT2D eigenvalue weighted by Crippen LogP contribution is 2.24. The van der Waals surface area contributed by atoms with Gasteiger partial charge < -0.3 is 20.3 Å². The molecule has 1 aromatic rings. The molecule has 2 heterocycles. The summed E-state index contributed by atoms with van der Waals surface area (Å²) in [5.41, 5.74) is 1.82. The third kappa shape index (κ3) is 3.75. The number of rotatable bonds is 4. The van der Waals surface area contributed by atoms with E-state index >= 15 is 0 Å². The first-order chi connectivity index (χ1) is 10.7. The fourth-order valence-electron chi connectivity index (χ4n) is 2.86. The first-order valence-electron chi connectivity index (χ1n) is 7.79. The molecule has 1 unspecified atom stereocenters. The number of carbonyl (C=O) groups excluding carboxylic acids is 1. The summed E-state index contributed by atoms with van der Waals surface area (Å²) in [7, 11) is 0. The van der Waals surface area contributed by atoms with Gasteiger partial charge >= 0.3 is 0 Å². The van der Waals surface area contributed by atoms with Crippen LogP contribution in [-0.2, 0) is 9.53 Å². The Morgan fingerprint density at radius 2 is 2.32 bits per heavy atom. The Morgan fingerprint density at radius 3 is 3.05 bits per heavy atom. The van der Waals surface area contributed by atoms with E-state index in [2.05, 4.69) is 10.6 Å². The van der Waals surface area contributed by atoms with Crippen molar-refractivity contribution >= 4 is 34.6 Å². The topological polar surface area (TPSA) is 53.6 Å². The van der Waals surface area contributed by atoms with Crippen LogP contribution in [0.3, 0.4) is 0 Å². The molecule has 118 valence electrons. The summed E-state index contributed by atoms with van der Waals surface area (Å²) in [5.74, 6) is 0.191. The quantitative estimate of drug-likeness (QED) is 0.834. The number of nitrogens with zero attached hydrogens (tertiary/aromatic N) is 1. The van der Waals surface area contributed by atoms with E-state index < -0.39 is 0 Å². The van der Waals surface area contributed by atoms with Crippen LogP contribution in [0.25, 0.3) is 0 Å². The van der Waals surface area contributed by atoms with Gasteiger partial charge in [0.25, 0.3) is 0 Å². The third-order valence-corrected chi connectivity index (χ3v) is 4.25. The second-order valence-corrected chi connectivity index (χ2v) is 6.08. The van der Waals surface area contributed by atoms with Crippen LogP contribution < -0.4 is 15.5 Å². The minimum atomic E-state index is 0.191. The lowest BCUT2D eigenvalue weighted by Crippen LogP contribution is -2.34. The molecule has 22 heavy (non-hydrogen) atoms. The normalized spacial score (nSPS) is 21.2. The summed E-state index contributed by atoms with van der Waals surface area (Å²) in [6, 6.07) is 7.80. The summed E-state index contributed by atoms with van der Waals surface area (Å²) in [4.78, 5) is 13.6. The van der Waals surface area contributed by atoms with Crippen molar-refractivity contribution in [1.29, 1.82) is 0 Å². The maximum Gasteiger partial charge on any atom is 0.227 e. The number of ether oxygens (including phenoxy) is 1. The van der Waals surface area contributed by atoms with E-state index in [0.717, 1.165) is 50.3 Å². The smallest absolute Gasteiger partial charge is 0.227 e. The van der Waals surface area contributed by atoms with Crippen LogP contribution in [-0.4, -0.2) is 36.8 Å². The second kappa shape index (κ2) is 7.07. The van der Waals surface area contributed by atoms with E-state index in [9.17, 15) is 4.79 Å². The van der Waals surface area contributed by atoms with Crippen LogP contribution >= 0.6 is 12.2 Å². The van der Waals surface area contributed by atoms with Crippen LogP contribution in [0.4, 0.5) is 11.4 Å². The largest absolute Gasteiger partial charge is 0.376 e. The Balaban J connectivity index is 1.55. The van der Waals surface area contributed by atoms with Gasteiger partial charge in [0.15, 0.2) is 5.11 Å². The molecular weight excluding hydrogens is 298 g/mol. The van der Waals surface area contributed by atoms with Gasteiger partial charge in [-0.3, -0.25) is 4.79 Å². The Morgan fingerprint density at radius 1 is 1.41 bits per heavy atom. The monoisotopic (exact) mass is 319 g/mol. The van der Waals surface area contributed by atoms with Crippen molar-refractivity contribution in [3.05, 3.63) is 24.3 Å². The molecule has 1 atom stereocenters. The van der Waals surface area contributed by atoms with Gasteiger partial charge in [0.2, 0.25) is 5.91 Å². The lowest BCUT2D eigenvalue weighted by Gasteiger charge is -2.18. The van der Waals surface area contributed by atoms with Crippen molar-refractivity contribution in [1.82, 2.24) is 5.32 Å². The maximum absolute atomic E-state index is 11.8. The average molecular weight is 319 g/mol. The van der Waals surface area contributed by atoms with E-state index in [1.165, 1.54) is 0 Å². The van der Waals surface area contributed by atoms with Crippen LogP contribution in [0.1, 0.15) is 25.7 Å². The molecule has 3 rings (SSSR count). The van der Waals surface area contributed by atoms with Crippen LogP contribution in [0.2, 0.25) is 0 Å². The van der Waals surface area contributed by atoms with E-state index in [1.807, 2.05) is 29.2 Å². The zero-order chi connectivity index (χ0) is 15.4. The van der Waals surface area contributed by atoms with Gasteiger partial charge in [-0.2, -0.15) is 0 Å². The van der Waals surface area contributed by atoms with Crippen molar-refractivity contribution < 1.29 is 9.53 Å². The van der Waals surface area contributed by atoms with Crippen molar-refractivity contribution in [2.75, 3.05) is 29.9 Å². The predicted octanol–water partition coefficient (Wildman–Crippen LogP) is 2.28. The number of anilines is 2. The van der Waals surface area contributed by atoms with Gasteiger partial charge in [-0.1, -0.05) is 6.07 Å². The summed E-state index contributed by atoms with van der Waals surface area (Å²) >= 11 is 5.31. The predicted molar refractivity (Wildman–Crippen MR) is 91.2 cm³/mol. The Bertz CT molecular complexity index is 558.